The molecule has 0 N–H and O–H groups in total. The zero-order valence-corrected chi connectivity index (χ0v) is 21.7. The van der Waals surface area contributed by atoms with Gasteiger partial charge in [0.1, 0.15) is 11.1 Å². The van der Waals surface area contributed by atoms with E-state index in [4.69, 9.17) is 4.99 Å². The summed E-state index contributed by atoms with van der Waals surface area (Å²) >= 11 is 1.71. The zero-order chi connectivity index (χ0) is 23.9. The molecule has 0 spiro atoms. The molecule has 2 aromatic heterocycles. The summed E-state index contributed by atoms with van der Waals surface area (Å²) in [6.45, 7) is 11.2. The number of nitrogens with zero attached hydrogens (tertiary/aromatic N) is 4. The molecule has 0 radical (unpaired) electrons. The van der Waals surface area contributed by atoms with Gasteiger partial charge in [0.05, 0.1) is 5.56 Å². The maximum Gasteiger partial charge on any atom is 0.134 e. The van der Waals surface area contributed by atoms with Gasteiger partial charge in [-0.2, -0.15) is 5.26 Å². The van der Waals surface area contributed by atoms with Crippen LogP contribution in [0.2, 0.25) is 0 Å². The Morgan fingerprint density at radius 1 is 1.18 bits per heavy atom. The molecule has 0 saturated carbocycles. The van der Waals surface area contributed by atoms with Crippen LogP contribution in [0.25, 0.3) is 5.69 Å². The number of benzene rings is 1. The number of aryl methyl sites for hydroxylation is 1. The van der Waals surface area contributed by atoms with Gasteiger partial charge in [-0.15, -0.1) is 11.3 Å². The summed E-state index contributed by atoms with van der Waals surface area (Å²) in [5.74, 6) is 0.657. The third kappa shape index (κ3) is 4.50. The molecular formula is C28H34N4S. The first-order valence-electron chi connectivity index (χ1n) is 11.7. The molecular weight excluding hydrogens is 424 g/mol. The van der Waals surface area contributed by atoms with Crippen LogP contribution in [0, 0.1) is 36.5 Å². The lowest BCUT2D eigenvalue weighted by molar-refractivity contribution is 0.218. The molecule has 0 saturated heterocycles. The van der Waals surface area contributed by atoms with E-state index in [1.807, 2.05) is 6.21 Å². The summed E-state index contributed by atoms with van der Waals surface area (Å²) in [6, 6.07) is 13.2. The molecule has 33 heavy (non-hydrogen) atoms. The number of rotatable bonds is 4. The van der Waals surface area contributed by atoms with Gasteiger partial charge in [-0.1, -0.05) is 20.8 Å². The van der Waals surface area contributed by atoms with Crippen molar-refractivity contribution in [2.24, 2.45) is 16.3 Å². The molecule has 172 valence electrons. The SMILES string of the molecule is Cc1cc(C=Nc2sc3c(c2C#N)CC[C@@H](C(C)(C)C)C3)c(C)n1-c1ccc(N(C)C)cc1. The van der Waals surface area contributed by atoms with Crippen LogP contribution < -0.4 is 4.90 Å². The van der Waals surface area contributed by atoms with Crippen LogP contribution in [0.5, 0.6) is 0 Å². The van der Waals surface area contributed by atoms with E-state index < -0.39 is 0 Å². The molecule has 0 aliphatic heterocycles. The van der Waals surface area contributed by atoms with E-state index in [0.29, 0.717) is 11.3 Å². The monoisotopic (exact) mass is 458 g/mol. The van der Waals surface area contributed by atoms with Gasteiger partial charge in [-0.05, 0) is 80.3 Å². The van der Waals surface area contributed by atoms with Crippen LogP contribution in [-0.2, 0) is 12.8 Å². The summed E-state index contributed by atoms with van der Waals surface area (Å²) in [4.78, 5) is 8.30. The minimum atomic E-state index is 0.292. The molecule has 3 aromatic rings. The number of hydrogen-bond acceptors (Lipinski definition) is 4. The maximum atomic E-state index is 9.87. The van der Waals surface area contributed by atoms with Crippen LogP contribution in [0.4, 0.5) is 10.7 Å². The number of hydrogen-bond donors (Lipinski definition) is 0. The van der Waals surface area contributed by atoms with E-state index >= 15 is 0 Å². The fourth-order valence-electron chi connectivity index (χ4n) is 4.86. The number of nitriles is 1. The molecule has 0 amide bonds. The summed E-state index contributed by atoms with van der Waals surface area (Å²) in [5, 5.41) is 10.7. The van der Waals surface area contributed by atoms with Gasteiger partial charge >= 0.3 is 0 Å². The Labute approximate surface area is 202 Å². The summed E-state index contributed by atoms with van der Waals surface area (Å²) in [5.41, 5.74) is 8.06. The predicted octanol–water partition coefficient (Wildman–Crippen LogP) is 6.99. The average Bonchev–Trinajstić information content (AvgIpc) is 3.26. The Balaban J connectivity index is 1.64. The first-order valence-corrected chi connectivity index (χ1v) is 12.5. The molecule has 0 bridgehead atoms. The molecule has 0 fully saturated rings. The lowest BCUT2D eigenvalue weighted by Gasteiger charge is -2.33. The van der Waals surface area contributed by atoms with Crippen molar-refractivity contribution in [1.82, 2.24) is 4.57 Å². The third-order valence-electron chi connectivity index (χ3n) is 7.00. The van der Waals surface area contributed by atoms with E-state index in [0.717, 1.165) is 46.8 Å². The van der Waals surface area contributed by atoms with Crippen molar-refractivity contribution in [3.63, 3.8) is 0 Å². The number of anilines is 1. The molecule has 4 nitrogen and oxygen atoms in total. The molecule has 1 aromatic carbocycles. The van der Waals surface area contributed by atoms with Crippen LogP contribution in [0.15, 0.2) is 35.3 Å². The minimum Gasteiger partial charge on any atom is -0.378 e. The van der Waals surface area contributed by atoms with Crippen molar-refractivity contribution in [3.8, 4) is 11.8 Å². The summed E-state index contributed by atoms with van der Waals surface area (Å²) < 4.78 is 2.26. The van der Waals surface area contributed by atoms with Crippen molar-refractivity contribution in [1.29, 1.82) is 5.26 Å². The summed E-state index contributed by atoms with van der Waals surface area (Å²) in [6.07, 6.45) is 5.14. The van der Waals surface area contributed by atoms with Crippen LogP contribution in [0.1, 0.15) is 60.1 Å². The number of aromatic nitrogens is 1. The van der Waals surface area contributed by atoms with Gasteiger partial charge in [0.2, 0.25) is 0 Å². The van der Waals surface area contributed by atoms with Crippen LogP contribution in [0.3, 0.4) is 0 Å². The van der Waals surface area contributed by atoms with Crippen LogP contribution in [-0.4, -0.2) is 24.9 Å². The average molecular weight is 459 g/mol. The predicted molar refractivity (Wildman–Crippen MR) is 141 cm³/mol. The minimum absolute atomic E-state index is 0.292. The Bertz CT molecular complexity index is 1230. The van der Waals surface area contributed by atoms with E-state index in [1.54, 1.807) is 11.3 Å². The number of thiophene rings is 1. The van der Waals surface area contributed by atoms with Gasteiger partial charge in [0.25, 0.3) is 0 Å². The van der Waals surface area contributed by atoms with Gasteiger partial charge in [0.15, 0.2) is 0 Å². The second kappa shape index (κ2) is 8.83. The summed E-state index contributed by atoms with van der Waals surface area (Å²) in [7, 11) is 4.11. The number of fused-ring (bicyclic) bond motifs is 1. The van der Waals surface area contributed by atoms with Gasteiger partial charge in [-0.25, -0.2) is 4.99 Å². The second-order valence-electron chi connectivity index (χ2n) is 10.4. The lowest BCUT2D eigenvalue weighted by atomic mass is 9.72. The van der Waals surface area contributed by atoms with Crippen molar-refractivity contribution in [3.05, 3.63) is 63.3 Å². The normalized spacial score (nSPS) is 16.1. The molecule has 5 heteroatoms. The van der Waals surface area contributed by atoms with E-state index in [2.05, 4.69) is 94.6 Å². The highest BCUT2D eigenvalue weighted by atomic mass is 32.1. The highest BCUT2D eigenvalue weighted by Gasteiger charge is 2.32. The Hall–Kier alpha value is -2.84. The largest absolute Gasteiger partial charge is 0.378 e. The molecule has 1 aliphatic rings. The smallest absolute Gasteiger partial charge is 0.134 e. The first-order chi connectivity index (χ1) is 15.6. The molecule has 1 atom stereocenters. The molecule has 1 aliphatic carbocycles. The van der Waals surface area contributed by atoms with E-state index in [1.165, 1.54) is 21.8 Å². The van der Waals surface area contributed by atoms with Gasteiger partial charge in [-0.3, -0.25) is 0 Å². The highest BCUT2D eigenvalue weighted by molar-refractivity contribution is 7.16. The lowest BCUT2D eigenvalue weighted by Crippen LogP contribution is -2.26. The molecule has 0 unspecified atom stereocenters. The Kier molecular flexibility index (Phi) is 6.24. The van der Waals surface area contributed by atoms with Crippen molar-refractivity contribution in [2.45, 2.75) is 53.9 Å². The Morgan fingerprint density at radius 2 is 1.88 bits per heavy atom. The molecule has 4 rings (SSSR count). The fourth-order valence-corrected chi connectivity index (χ4v) is 6.08. The number of aliphatic imine (C=N–C) groups is 1. The van der Waals surface area contributed by atoms with Gasteiger partial charge < -0.3 is 9.47 Å². The zero-order valence-electron chi connectivity index (χ0n) is 20.9. The van der Waals surface area contributed by atoms with Crippen molar-refractivity contribution in [2.75, 3.05) is 19.0 Å². The van der Waals surface area contributed by atoms with E-state index in [-0.39, 0.29) is 0 Å². The fraction of sp³-hybridized carbons (Fsp3) is 0.429. The quantitative estimate of drug-likeness (QED) is 0.395. The van der Waals surface area contributed by atoms with Crippen LogP contribution >= 0.6 is 11.3 Å². The van der Waals surface area contributed by atoms with Crippen molar-refractivity contribution >= 4 is 28.2 Å². The standard InChI is InChI=1S/C28H34N4S/c1-18-14-20(19(2)32(18)23-11-9-22(10-12-23)31(6)7)17-30-27-25(16-29)24-13-8-21(28(3,4)5)15-26(24)33-27/h9-12,14,17,21H,8,13,15H2,1-7H3/t21-/m1/s1. The Morgan fingerprint density at radius 3 is 2.48 bits per heavy atom. The topological polar surface area (TPSA) is 44.3 Å². The first kappa shape index (κ1) is 23.3. The van der Waals surface area contributed by atoms with E-state index in [9.17, 15) is 5.26 Å². The highest BCUT2D eigenvalue weighted by Crippen LogP contribution is 2.44. The molecule has 2 heterocycles. The maximum absolute atomic E-state index is 9.87. The van der Waals surface area contributed by atoms with Crippen molar-refractivity contribution < 1.29 is 0 Å². The second-order valence-corrected chi connectivity index (χ2v) is 11.5. The third-order valence-corrected chi connectivity index (χ3v) is 8.16. The van der Waals surface area contributed by atoms with Gasteiger partial charge in [0, 0.05) is 53.5 Å².